The molecule has 5 nitrogen and oxygen atoms in total. The first-order chi connectivity index (χ1) is 8.97. The van der Waals surface area contributed by atoms with E-state index in [2.05, 4.69) is 26.3 Å². The predicted octanol–water partition coefficient (Wildman–Crippen LogP) is 2.13. The summed E-state index contributed by atoms with van der Waals surface area (Å²) in [5.41, 5.74) is 8.36. The number of carbonyl (C=O) groups is 1. The largest absolute Gasteiger partial charge is 0.324 e. The number of rotatable bonds is 3. The Bertz CT molecular complexity index is 608. The summed E-state index contributed by atoms with van der Waals surface area (Å²) in [6.45, 7) is 1.96. The molecule has 0 saturated heterocycles. The van der Waals surface area contributed by atoms with Crippen LogP contribution in [0.5, 0.6) is 0 Å². The molecular weight excluding hydrogens is 308 g/mol. The summed E-state index contributed by atoms with van der Waals surface area (Å²) in [6, 6.07) is 4.88. The number of aryl methyl sites for hydroxylation is 2. The zero-order chi connectivity index (χ0) is 14.0. The molecule has 100 valence electrons. The number of hydrogen-bond acceptors (Lipinski definition) is 3. The summed E-state index contributed by atoms with van der Waals surface area (Å²) in [5.74, 6) is -0.255. The van der Waals surface area contributed by atoms with Gasteiger partial charge in [-0.15, -0.1) is 0 Å². The van der Waals surface area contributed by atoms with Crippen molar-refractivity contribution in [1.82, 2.24) is 9.78 Å². The minimum absolute atomic E-state index is 0.255. The molecule has 0 saturated carbocycles. The van der Waals surface area contributed by atoms with Gasteiger partial charge >= 0.3 is 0 Å². The second-order valence-electron chi connectivity index (χ2n) is 4.38. The molecule has 0 radical (unpaired) electrons. The van der Waals surface area contributed by atoms with Crippen molar-refractivity contribution < 1.29 is 4.79 Å². The van der Waals surface area contributed by atoms with Crippen molar-refractivity contribution in [1.29, 1.82) is 0 Å². The Labute approximate surface area is 119 Å². The predicted molar refractivity (Wildman–Crippen MR) is 77.6 cm³/mol. The smallest absolute Gasteiger partial charge is 0.246 e. The quantitative estimate of drug-likeness (QED) is 0.909. The maximum Gasteiger partial charge on any atom is 0.246 e. The zero-order valence-electron chi connectivity index (χ0n) is 10.7. The van der Waals surface area contributed by atoms with Gasteiger partial charge in [-0.05, 0) is 30.7 Å². The normalized spacial score (nSPS) is 12.2. The number of hydrogen-bond donors (Lipinski definition) is 2. The molecule has 1 atom stereocenters. The lowest BCUT2D eigenvalue weighted by Gasteiger charge is -2.11. The minimum Gasteiger partial charge on any atom is -0.324 e. The summed E-state index contributed by atoms with van der Waals surface area (Å²) in [4.78, 5) is 12.0. The first kappa shape index (κ1) is 13.8. The monoisotopic (exact) mass is 322 g/mol. The Morgan fingerprint density at radius 1 is 1.53 bits per heavy atom. The first-order valence-corrected chi connectivity index (χ1v) is 6.58. The third kappa shape index (κ3) is 3.21. The maximum absolute atomic E-state index is 12.0. The topological polar surface area (TPSA) is 72.9 Å². The molecular formula is C13H15BrN4O. The molecule has 1 amide bonds. The Morgan fingerprint density at radius 3 is 2.84 bits per heavy atom. The SMILES string of the molecule is Cc1cc(NC(=O)C(N)c2cnn(C)c2)ccc1Br. The van der Waals surface area contributed by atoms with Gasteiger partial charge in [0.25, 0.3) is 0 Å². The molecule has 6 heteroatoms. The standard InChI is InChI=1S/C13H15BrN4O/c1-8-5-10(3-4-11(8)14)17-13(19)12(15)9-6-16-18(2)7-9/h3-7,12H,15H2,1-2H3,(H,17,19). The van der Waals surface area contributed by atoms with E-state index in [0.717, 1.165) is 15.7 Å². The number of carbonyl (C=O) groups excluding carboxylic acids is 1. The van der Waals surface area contributed by atoms with Gasteiger partial charge in [-0.1, -0.05) is 15.9 Å². The van der Waals surface area contributed by atoms with Crippen LogP contribution in [-0.4, -0.2) is 15.7 Å². The second-order valence-corrected chi connectivity index (χ2v) is 5.23. The van der Waals surface area contributed by atoms with Crippen LogP contribution in [0.1, 0.15) is 17.2 Å². The van der Waals surface area contributed by atoms with E-state index in [0.29, 0.717) is 5.56 Å². The summed E-state index contributed by atoms with van der Waals surface area (Å²) in [5, 5.41) is 6.80. The van der Waals surface area contributed by atoms with Gasteiger partial charge in [0.15, 0.2) is 0 Å². The molecule has 19 heavy (non-hydrogen) atoms. The number of benzene rings is 1. The average molecular weight is 323 g/mol. The van der Waals surface area contributed by atoms with Gasteiger partial charge < -0.3 is 11.1 Å². The van der Waals surface area contributed by atoms with E-state index in [1.807, 2.05) is 25.1 Å². The lowest BCUT2D eigenvalue weighted by Crippen LogP contribution is -2.27. The van der Waals surface area contributed by atoms with Crippen molar-refractivity contribution in [2.45, 2.75) is 13.0 Å². The fraction of sp³-hybridized carbons (Fsp3) is 0.231. The second kappa shape index (κ2) is 5.54. The number of nitrogens with one attached hydrogen (secondary N) is 1. The Balaban J connectivity index is 2.10. The number of nitrogens with two attached hydrogens (primary N) is 1. The molecule has 1 aromatic heterocycles. The van der Waals surface area contributed by atoms with Crippen LogP contribution in [0.2, 0.25) is 0 Å². The summed E-state index contributed by atoms with van der Waals surface area (Å²) < 4.78 is 2.62. The van der Waals surface area contributed by atoms with Crippen LogP contribution in [-0.2, 0) is 11.8 Å². The van der Waals surface area contributed by atoms with Gasteiger partial charge in [-0.25, -0.2) is 0 Å². The zero-order valence-corrected chi connectivity index (χ0v) is 12.3. The van der Waals surface area contributed by atoms with Crippen LogP contribution in [0, 0.1) is 6.92 Å². The van der Waals surface area contributed by atoms with E-state index in [1.165, 1.54) is 0 Å². The summed E-state index contributed by atoms with van der Waals surface area (Å²) in [6.07, 6.45) is 3.33. The molecule has 0 aliphatic carbocycles. The van der Waals surface area contributed by atoms with Crippen molar-refractivity contribution in [3.8, 4) is 0 Å². The van der Waals surface area contributed by atoms with Gasteiger partial charge in [0.05, 0.1) is 6.20 Å². The van der Waals surface area contributed by atoms with Crippen molar-refractivity contribution >= 4 is 27.5 Å². The third-order valence-electron chi connectivity index (χ3n) is 2.79. The van der Waals surface area contributed by atoms with E-state index in [1.54, 1.807) is 24.1 Å². The fourth-order valence-corrected chi connectivity index (χ4v) is 1.94. The van der Waals surface area contributed by atoms with Crippen molar-refractivity contribution in [2.75, 3.05) is 5.32 Å². The van der Waals surface area contributed by atoms with Gasteiger partial charge in [0.1, 0.15) is 6.04 Å². The summed E-state index contributed by atoms with van der Waals surface area (Å²) >= 11 is 3.42. The lowest BCUT2D eigenvalue weighted by molar-refractivity contribution is -0.117. The minimum atomic E-state index is -0.724. The van der Waals surface area contributed by atoms with E-state index in [-0.39, 0.29) is 5.91 Å². The molecule has 0 spiro atoms. The molecule has 1 aromatic carbocycles. The molecule has 2 rings (SSSR count). The molecule has 2 aromatic rings. The van der Waals surface area contributed by atoms with E-state index >= 15 is 0 Å². The van der Waals surface area contributed by atoms with Crippen LogP contribution < -0.4 is 11.1 Å². The van der Waals surface area contributed by atoms with Crippen molar-refractivity contribution in [2.24, 2.45) is 12.8 Å². The summed E-state index contributed by atoms with van der Waals surface area (Å²) in [7, 11) is 1.78. The fourth-order valence-electron chi connectivity index (χ4n) is 1.69. The highest BCUT2D eigenvalue weighted by molar-refractivity contribution is 9.10. The number of halogens is 1. The van der Waals surface area contributed by atoms with Crippen LogP contribution in [0.25, 0.3) is 0 Å². The molecule has 3 N–H and O–H groups in total. The van der Waals surface area contributed by atoms with Crippen LogP contribution >= 0.6 is 15.9 Å². The van der Waals surface area contributed by atoms with Crippen LogP contribution in [0.3, 0.4) is 0 Å². The highest BCUT2D eigenvalue weighted by Crippen LogP contribution is 2.21. The average Bonchev–Trinajstić information content (AvgIpc) is 2.79. The maximum atomic E-state index is 12.0. The number of amides is 1. The van der Waals surface area contributed by atoms with Gasteiger partial charge in [0, 0.05) is 29.0 Å². The van der Waals surface area contributed by atoms with Gasteiger partial charge in [-0.2, -0.15) is 5.10 Å². The molecule has 0 fully saturated rings. The first-order valence-electron chi connectivity index (χ1n) is 5.78. The van der Waals surface area contributed by atoms with E-state index in [4.69, 9.17) is 5.73 Å². The molecule has 1 unspecified atom stereocenters. The Morgan fingerprint density at radius 2 is 2.26 bits per heavy atom. The van der Waals surface area contributed by atoms with Crippen LogP contribution in [0.4, 0.5) is 5.69 Å². The third-order valence-corrected chi connectivity index (χ3v) is 3.68. The number of aromatic nitrogens is 2. The molecule has 0 aliphatic rings. The Hall–Kier alpha value is -1.66. The van der Waals surface area contributed by atoms with Gasteiger partial charge in [-0.3, -0.25) is 9.48 Å². The number of anilines is 1. The van der Waals surface area contributed by atoms with E-state index in [9.17, 15) is 4.79 Å². The van der Waals surface area contributed by atoms with E-state index < -0.39 is 6.04 Å². The Kier molecular flexibility index (Phi) is 4.01. The molecule has 1 heterocycles. The van der Waals surface area contributed by atoms with Gasteiger partial charge in [0.2, 0.25) is 5.91 Å². The highest BCUT2D eigenvalue weighted by atomic mass is 79.9. The van der Waals surface area contributed by atoms with Crippen LogP contribution in [0.15, 0.2) is 35.1 Å². The number of nitrogens with zero attached hydrogens (tertiary/aromatic N) is 2. The van der Waals surface area contributed by atoms with Crippen molar-refractivity contribution in [3.05, 3.63) is 46.2 Å². The van der Waals surface area contributed by atoms with Crippen molar-refractivity contribution in [3.63, 3.8) is 0 Å². The highest BCUT2D eigenvalue weighted by Gasteiger charge is 2.17. The molecule has 0 bridgehead atoms. The lowest BCUT2D eigenvalue weighted by atomic mass is 10.1. The molecule has 0 aliphatic heterocycles.